The van der Waals surface area contributed by atoms with Gasteiger partial charge in [-0.05, 0) is 42.0 Å². The second-order valence-electron chi connectivity index (χ2n) is 5.80. The lowest BCUT2D eigenvalue weighted by molar-refractivity contribution is -0.644. The molecule has 0 atom stereocenters. The minimum atomic E-state index is 0. The van der Waals surface area contributed by atoms with Crippen LogP contribution in [0.1, 0.15) is 5.56 Å². The number of thioether (sulfide) groups is 1. The molecule has 0 N–H and O–H groups in total. The molecule has 0 unspecified atom stereocenters. The third-order valence-corrected chi connectivity index (χ3v) is 5.87. The molecule has 128 valence electrons. The van der Waals surface area contributed by atoms with Crippen molar-refractivity contribution >= 4 is 57.6 Å². The van der Waals surface area contributed by atoms with Crippen molar-refractivity contribution in [3.05, 3.63) is 69.3 Å². The highest BCUT2D eigenvalue weighted by Gasteiger charge is 2.22. The highest BCUT2D eigenvalue weighted by Crippen LogP contribution is 2.46. The molecule has 0 amide bonds. The lowest BCUT2D eigenvalue weighted by atomic mass is 10.1. The molecule has 1 aromatic heterocycles. The van der Waals surface area contributed by atoms with Gasteiger partial charge in [-0.25, -0.2) is 4.57 Å². The SMILES string of the molecule is CN1/C(=C/c2cc[n+](C)c3cc(Cl)ccc23)Sc2ccc(Cl)cc21.[I-]. The fraction of sp³-hybridized carbons (Fsp3) is 0.105. The van der Waals surface area contributed by atoms with Gasteiger partial charge in [-0.15, -0.1) is 0 Å². The maximum absolute atomic E-state index is 6.16. The van der Waals surface area contributed by atoms with Gasteiger partial charge in [0, 0.05) is 34.1 Å². The van der Waals surface area contributed by atoms with E-state index in [4.69, 9.17) is 23.2 Å². The Bertz CT molecular complexity index is 1000. The average molecular weight is 501 g/mol. The predicted molar refractivity (Wildman–Crippen MR) is 104 cm³/mol. The Kier molecular flexibility index (Phi) is 5.54. The first-order valence-electron chi connectivity index (χ1n) is 7.54. The number of hydrogen-bond donors (Lipinski definition) is 0. The summed E-state index contributed by atoms with van der Waals surface area (Å²) in [6, 6.07) is 14.2. The summed E-state index contributed by atoms with van der Waals surface area (Å²) in [6.45, 7) is 0. The van der Waals surface area contributed by atoms with E-state index in [0.717, 1.165) is 21.2 Å². The Morgan fingerprint density at radius 2 is 1.76 bits per heavy atom. The molecule has 0 spiro atoms. The summed E-state index contributed by atoms with van der Waals surface area (Å²) in [6.07, 6.45) is 4.28. The van der Waals surface area contributed by atoms with Gasteiger partial charge < -0.3 is 28.9 Å². The number of rotatable bonds is 1. The van der Waals surface area contributed by atoms with Gasteiger partial charge in [0.15, 0.2) is 6.20 Å². The van der Waals surface area contributed by atoms with Crippen molar-refractivity contribution in [3.8, 4) is 0 Å². The summed E-state index contributed by atoms with van der Waals surface area (Å²) in [5.74, 6) is 0. The van der Waals surface area contributed by atoms with Gasteiger partial charge in [0.25, 0.3) is 0 Å². The second-order valence-corrected chi connectivity index (χ2v) is 7.73. The number of aromatic nitrogens is 1. The Morgan fingerprint density at radius 3 is 2.56 bits per heavy atom. The zero-order valence-electron chi connectivity index (χ0n) is 13.6. The van der Waals surface area contributed by atoms with Gasteiger partial charge >= 0.3 is 0 Å². The lowest BCUT2D eigenvalue weighted by Crippen LogP contribution is -3.00. The van der Waals surface area contributed by atoms with Crippen LogP contribution in [0.15, 0.2) is 58.6 Å². The molecule has 2 aromatic carbocycles. The quantitative estimate of drug-likeness (QED) is 0.374. The second kappa shape index (κ2) is 7.35. The molecule has 3 aromatic rings. The molecule has 1 aliphatic rings. The minimum absolute atomic E-state index is 0. The van der Waals surface area contributed by atoms with Crippen molar-refractivity contribution < 1.29 is 28.5 Å². The summed E-state index contributed by atoms with van der Waals surface area (Å²) >= 11 is 14.1. The number of anilines is 1. The normalized spacial score (nSPS) is 14.7. The summed E-state index contributed by atoms with van der Waals surface area (Å²) in [4.78, 5) is 3.41. The van der Waals surface area contributed by atoms with Gasteiger partial charge in [0.1, 0.15) is 7.05 Å². The van der Waals surface area contributed by atoms with E-state index < -0.39 is 0 Å². The van der Waals surface area contributed by atoms with Crippen LogP contribution in [-0.2, 0) is 7.05 Å². The Morgan fingerprint density at radius 1 is 1.04 bits per heavy atom. The Balaban J connectivity index is 0.00000182. The first-order valence-corrected chi connectivity index (χ1v) is 9.11. The number of fused-ring (bicyclic) bond motifs is 2. The van der Waals surface area contributed by atoms with Crippen molar-refractivity contribution in [2.75, 3.05) is 11.9 Å². The molecule has 0 saturated heterocycles. The third kappa shape index (κ3) is 3.50. The topological polar surface area (TPSA) is 7.12 Å². The molecule has 25 heavy (non-hydrogen) atoms. The van der Waals surface area contributed by atoms with Crippen LogP contribution >= 0.6 is 35.0 Å². The minimum Gasteiger partial charge on any atom is -1.00 e. The van der Waals surface area contributed by atoms with E-state index in [0.29, 0.717) is 0 Å². The van der Waals surface area contributed by atoms with E-state index in [1.165, 1.54) is 20.9 Å². The molecule has 2 heterocycles. The van der Waals surface area contributed by atoms with Crippen LogP contribution in [0.5, 0.6) is 0 Å². The standard InChI is InChI=1S/C19H15Cl2N2S.HI/c1-22-8-7-12(15-5-3-13(20)10-16(15)22)9-19-23(2)17-11-14(21)4-6-18(17)24-19;/h3-11H,1-2H3;1H/q+1;/p-1. The van der Waals surface area contributed by atoms with Crippen molar-refractivity contribution in [1.82, 2.24) is 0 Å². The van der Waals surface area contributed by atoms with Crippen LogP contribution in [0.25, 0.3) is 17.0 Å². The monoisotopic (exact) mass is 500 g/mol. The smallest absolute Gasteiger partial charge is 0.214 e. The van der Waals surface area contributed by atoms with Crippen molar-refractivity contribution in [2.45, 2.75) is 4.90 Å². The molecule has 0 aliphatic carbocycles. The molecular formula is C19H15Cl2IN2S. The number of nitrogens with zero attached hydrogens (tertiary/aromatic N) is 2. The first-order chi connectivity index (χ1) is 11.5. The van der Waals surface area contributed by atoms with Crippen LogP contribution in [0.4, 0.5) is 5.69 Å². The van der Waals surface area contributed by atoms with Gasteiger partial charge in [0.2, 0.25) is 5.52 Å². The third-order valence-electron chi connectivity index (χ3n) is 4.23. The number of hydrogen-bond acceptors (Lipinski definition) is 2. The van der Waals surface area contributed by atoms with Crippen LogP contribution in [0, 0.1) is 0 Å². The zero-order valence-corrected chi connectivity index (χ0v) is 18.1. The van der Waals surface area contributed by atoms with Crippen molar-refractivity contribution in [3.63, 3.8) is 0 Å². The Hall–Kier alpha value is -0.950. The number of pyridine rings is 1. The first kappa shape index (κ1) is 18.8. The molecule has 2 nitrogen and oxygen atoms in total. The van der Waals surface area contributed by atoms with Gasteiger partial charge in [0.05, 0.1) is 16.1 Å². The predicted octanol–water partition coefficient (Wildman–Crippen LogP) is 2.52. The maximum atomic E-state index is 6.16. The largest absolute Gasteiger partial charge is 1.00 e. The van der Waals surface area contributed by atoms with Crippen LogP contribution in [-0.4, -0.2) is 7.05 Å². The molecule has 0 fully saturated rings. The summed E-state index contributed by atoms with van der Waals surface area (Å²) in [5.41, 5.74) is 3.43. The van der Waals surface area contributed by atoms with Crippen molar-refractivity contribution in [2.24, 2.45) is 7.05 Å². The van der Waals surface area contributed by atoms with Gasteiger partial charge in [-0.3, -0.25) is 0 Å². The molecular weight excluding hydrogens is 486 g/mol. The molecule has 0 radical (unpaired) electrons. The maximum Gasteiger partial charge on any atom is 0.214 e. The van der Waals surface area contributed by atoms with Crippen molar-refractivity contribution in [1.29, 1.82) is 0 Å². The fourth-order valence-corrected chi connectivity index (χ4v) is 4.34. The molecule has 1 aliphatic heterocycles. The highest BCUT2D eigenvalue weighted by atomic mass is 127. The van der Waals surface area contributed by atoms with Gasteiger partial charge in [-0.1, -0.05) is 35.0 Å². The van der Waals surface area contributed by atoms with E-state index in [2.05, 4.69) is 47.0 Å². The van der Waals surface area contributed by atoms with E-state index in [-0.39, 0.29) is 24.0 Å². The number of aryl methyl sites for hydroxylation is 1. The summed E-state index contributed by atoms with van der Waals surface area (Å²) in [7, 11) is 4.10. The highest BCUT2D eigenvalue weighted by molar-refractivity contribution is 8.03. The van der Waals surface area contributed by atoms with E-state index in [1.807, 2.05) is 31.3 Å². The molecule has 4 rings (SSSR count). The number of halogens is 3. The summed E-state index contributed by atoms with van der Waals surface area (Å²) in [5, 5.41) is 3.86. The summed E-state index contributed by atoms with van der Waals surface area (Å²) < 4.78 is 2.09. The van der Waals surface area contributed by atoms with Gasteiger partial charge in [-0.2, -0.15) is 0 Å². The van der Waals surface area contributed by atoms with E-state index in [9.17, 15) is 0 Å². The lowest BCUT2D eigenvalue weighted by Gasteiger charge is -2.14. The number of benzene rings is 2. The zero-order chi connectivity index (χ0) is 16.8. The molecule has 0 saturated carbocycles. The van der Waals surface area contributed by atoms with Crippen LogP contribution < -0.4 is 33.4 Å². The fourth-order valence-electron chi connectivity index (χ4n) is 2.93. The molecule has 0 bridgehead atoms. The van der Waals surface area contributed by atoms with E-state index in [1.54, 1.807) is 11.8 Å². The average Bonchev–Trinajstić information content (AvgIpc) is 2.86. The molecule has 6 heteroatoms. The van der Waals surface area contributed by atoms with E-state index >= 15 is 0 Å². The van der Waals surface area contributed by atoms with Crippen LogP contribution in [0.2, 0.25) is 10.0 Å². The Labute approximate surface area is 178 Å². The van der Waals surface area contributed by atoms with Crippen LogP contribution in [0.3, 0.4) is 0 Å².